The van der Waals surface area contributed by atoms with Gasteiger partial charge in [0.25, 0.3) is 0 Å². The molecule has 4 aromatic rings. The lowest BCUT2D eigenvalue weighted by Gasteiger charge is -2.21. The normalized spacial score (nSPS) is 11.2. The molecule has 0 unspecified atom stereocenters. The highest BCUT2D eigenvalue weighted by atomic mass is 32.1. The minimum atomic E-state index is 0.0562. The summed E-state index contributed by atoms with van der Waals surface area (Å²) in [5, 5.41) is 3.04. The number of amides is 1. The number of furan rings is 2. The summed E-state index contributed by atoms with van der Waals surface area (Å²) >= 11 is 1.65. The lowest BCUT2D eigenvalue weighted by molar-refractivity contribution is -0.131. The van der Waals surface area contributed by atoms with E-state index in [9.17, 15) is 4.79 Å². The zero-order chi connectivity index (χ0) is 18.8. The van der Waals surface area contributed by atoms with Gasteiger partial charge in [-0.2, -0.15) is 0 Å². The van der Waals surface area contributed by atoms with Crippen molar-refractivity contribution in [3.05, 3.63) is 81.6 Å². The molecular weight excluding hydrogens is 358 g/mol. The van der Waals surface area contributed by atoms with E-state index < -0.39 is 0 Å². The fourth-order valence-corrected chi connectivity index (χ4v) is 3.88. The Morgan fingerprint density at radius 3 is 2.67 bits per heavy atom. The van der Waals surface area contributed by atoms with E-state index in [4.69, 9.17) is 8.83 Å². The van der Waals surface area contributed by atoms with Crippen molar-refractivity contribution in [1.29, 1.82) is 0 Å². The van der Waals surface area contributed by atoms with Crippen molar-refractivity contribution >= 4 is 28.2 Å². The van der Waals surface area contributed by atoms with Gasteiger partial charge in [0.15, 0.2) is 0 Å². The summed E-state index contributed by atoms with van der Waals surface area (Å²) in [7, 11) is 0. The molecule has 0 aliphatic heterocycles. The second-order valence-corrected chi connectivity index (χ2v) is 7.81. The Bertz CT molecular complexity index is 1010. The van der Waals surface area contributed by atoms with Gasteiger partial charge in [-0.1, -0.05) is 6.07 Å². The third-order valence-electron chi connectivity index (χ3n) is 4.82. The van der Waals surface area contributed by atoms with E-state index >= 15 is 0 Å². The fourth-order valence-electron chi connectivity index (χ4n) is 3.16. The van der Waals surface area contributed by atoms with Crippen LogP contribution < -0.4 is 0 Å². The highest BCUT2D eigenvalue weighted by molar-refractivity contribution is 7.09. The molecule has 0 spiro atoms. The van der Waals surface area contributed by atoms with Crippen LogP contribution in [0.4, 0.5) is 0 Å². The lowest BCUT2D eigenvalue weighted by atomic mass is 10.0. The number of hydrogen-bond acceptors (Lipinski definition) is 4. The molecule has 27 heavy (non-hydrogen) atoms. The molecule has 0 N–H and O–H groups in total. The monoisotopic (exact) mass is 379 g/mol. The Labute approximate surface area is 162 Å². The van der Waals surface area contributed by atoms with Gasteiger partial charge in [0.1, 0.15) is 11.3 Å². The van der Waals surface area contributed by atoms with Crippen molar-refractivity contribution in [3.63, 3.8) is 0 Å². The molecular formula is C22H21NO3S. The molecule has 4 nitrogen and oxygen atoms in total. The third-order valence-corrected chi connectivity index (χ3v) is 5.68. The number of fused-ring (bicyclic) bond motifs is 1. The molecule has 0 fully saturated rings. The van der Waals surface area contributed by atoms with Gasteiger partial charge in [-0.05, 0) is 60.7 Å². The molecule has 138 valence electrons. The maximum Gasteiger partial charge on any atom is 0.227 e. The number of benzene rings is 1. The van der Waals surface area contributed by atoms with E-state index in [1.165, 1.54) is 11.1 Å². The van der Waals surface area contributed by atoms with Crippen molar-refractivity contribution < 1.29 is 13.6 Å². The Hall–Kier alpha value is -2.79. The quantitative estimate of drug-likeness (QED) is 0.446. The van der Waals surface area contributed by atoms with Crippen molar-refractivity contribution in [1.82, 2.24) is 4.90 Å². The van der Waals surface area contributed by atoms with Crippen LogP contribution in [0.25, 0.3) is 11.0 Å². The summed E-state index contributed by atoms with van der Waals surface area (Å²) in [4.78, 5) is 16.1. The van der Waals surface area contributed by atoms with Gasteiger partial charge < -0.3 is 13.7 Å². The Balaban J connectivity index is 1.58. The number of thiophene rings is 1. The van der Waals surface area contributed by atoms with Crippen LogP contribution in [-0.2, 0) is 24.3 Å². The molecule has 1 aromatic carbocycles. The van der Waals surface area contributed by atoms with Crippen molar-refractivity contribution in [3.8, 4) is 0 Å². The first-order valence-electron chi connectivity index (χ1n) is 8.90. The number of carbonyl (C=O) groups is 1. The van der Waals surface area contributed by atoms with Crippen LogP contribution in [0.3, 0.4) is 0 Å². The summed E-state index contributed by atoms with van der Waals surface area (Å²) in [5.41, 5.74) is 4.14. The minimum Gasteiger partial charge on any atom is -0.467 e. The van der Waals surface area contributed by atoms with E-state index in [2.05, 4.69) is 19.9 Å². The molecule has 0 saturated carbocycles. The van der Waals surface area contributed by atoms with E-state index in [-0.39, 0.29) is 5.91 Å². The van der Waals surface area contributed by atoms with E-state index in [1.807, 2.05) is 40.6 Å². The first kappa shape index (κ1) is 17.6. The van der Waals surface area contributed by atoms with Crippen LogP contribution in [0.5, 0.6) is 0 Å². The molecule has 3 heterocycles. The smallest absolute Gasteiger partial charge is 0.227 e. The second-order valence-electron chi connectivity index (χ2n) is 6.78. The average Bonchev–Trinajstić information content (AvgIpc) is 3.39. The van der Waals surface area contributed by atoms with Crippen LogP contribution in [0.1, 0.15) is 27.3 Å². The number of carbonyl (C=O) groups excluding carboxylic acids is 1. The van der Waals surface area contributed by atoms with E-state index in [0.717, 1.165) is 27.2 Å². The van der Waals surface area contributed by atoms with Crippen LogP contribution in [0, 0.1) is 13.8 Å². The molecule has 0 atom stereocenters. The largest absolute Gasteiger partial charge is 0.467 e. The molecule has 0 aliphatic rings. The Morgan fingerprint density at radius 2 is 1.93 bits per heavy atom. The standard InChI is InChI=1S/C22H21NO3S/c1-15-9-20-17(14-26-21(20)10-16(15)2)11-22(24)23(12-18-5-3-7-25-18)13-19-6-4-8-27-19/h3-10,14H,11-13H2,1-2H3. The topological polar surface area (TPSA) is 46.6 Å². The summed E-state index contributed by atoms with van der Waals surface area (Å²) in [6.45, 7) is 5.17. The molecule has 0 aliphatic carbocycles. The highest BCUT2D eigenvalue weighted by Gasteiger charge is 2.19. The first-order chi connectivity index (χ1) is 13.1. The zero-order valence-corrected chi connectivity index (χ0v) is 16.2. The summed E-state index contributed by atoms with van der Waals surface area (Å²) in [6.07, 6.45) is 3.65. The number of rotatable bonds is 6. The molecule has 1 amide bonds. The van der Waals surface area contributed by atoms with Gasteiger partial charge in [0, 0.05) is 15.8 Å². The predicted molar refractivity (Wildman–Crippen MR) is 107 cm³/mol. The molecule has 0 radical (unpaired) electrons. The average molecular weight is 379 g/mol. The third kappa shape index (κ3) is 3.83. The van der Waals surface area contributed by atoms with Crippen LogP contribution in [0.15, 0.2) is 63.1 Å². The summed E-state index contributed by atoms with van der Waals surface area (Å²) < 4.78 is 11.1. The number of aryl methyl sites for hydroxylation is 2. The Morgan fingerprint density at radius 1 is 1.07 bits per heavy atom. The first-order valence-corrected chi connectivity index (χ1v) is 9.78. The maximum absolute atomic E-state index is 13.1. The minimum absolute atomic E-state index is 0.0562. The summed E-state index contributed by atoms with van der Waals surface area (Å²) in [5.74, 6) is 0.837. The molecule has 3 aromatic heterocycles. The molecule has 5 heteroatoms. The lowest BCUT2D eigenvalue weighted by Crippen LogP contribution is -2.31. The van der Waals surface area contributed by atoms with Crippen LogP contribution in [0.2, 0.25) is 0 Å². The fraction of sp³-hybridized carbons (Fsp3) is 0.227. The van der Waals surface area contributed by atoms with Gasteiger partial charge >= 0.3 is 0 Å². The predicted octanol–water partition coefficient (Wildman–Crippen LogP) is 5.48. The second kappa shape index (κ2) is 7.45. The van der Waals surface area contributed by atoms with Crippen molar-refractivity contribution in [2.45, 2.75) is 33.4 Å². The maximum atomic E-state index is 13.1. The van der Waals surface area contributed by atoms with Crippen LogP contribution in [-0.4, -0.2) is 10.8 Å². The van der Waals surface area contributed by atoms with E-state index in [0.29, 0.717) is 19.5 Å². The van der Waals surface area contributed by atoms with E-state index in [1.54, 1.807) is 23.9 Å². The molecule has 4 rings (SSSR count). The van der Waals surface area contributed by atoms with Gasteiger partial charge in [0.2, 0.25) is 5.91 Å². The SMILES string of the molecule is Cc1cc2occ(CC(=O)N(Cc3ccco3)Cc3cccs3)c2cc1C. The Kier molecular flexibility index (Phi) is 4.86. The van der Waals surface area contributed by atoms with Crippen molar-refractivity contribution in [2.24, 2.45) is 0 Å². The highest BCUT2D eigenvalue weighted by Crippen LogP contribution is 2.26. The van der Waals surface area contributed by atoms with Crippen LogP contribution >= 0.6 is 11.3 Å². The molecule has 0 bridgehead atoms. The van der Waals surface area contributed by atoms with Gasteiger partial charge in [-0.15, -0.1) is 11.3 Å². The molecule has 0 saturated heterocycles. The van der Waals surface area contributed by atoms with Crippen molar-refractivity contribution in [2.75, 3.05) is 0 Å². The van der Waals surface area contributed by atoms with Gasteiger partial charge in [0.05, 0.1) is 32.0 Å². The summed E-state index contributed by atoms with van der Waals surface area (Å²) in [6, 6.07) is 11.9. The zero-order valence-electron chi connectivity index (χ0n) is 15.4. The van der Waals surface area contributed by atoms with Gasteiger partial charge in [-0.25, -0.2) is 0 Å². The number of hydrogen-bond donors (Lipinski definition) is 0. The number of nitrogens with zero attached hydrogens (tertiary/aromatic N) is 1. The van der Waals surface area contributed by atoms with Gasteiger partial charge in [-0.3, -0.25) is 4.79 Å².